The van der Waals surface area contributed by atoms with E-state index in [2.05, 4.69) is 31.1 Å². The number of methoxy groups -OCH3 is 2. The van der Waals surface area contributed by atoms with Gasteiger partial charge < -0.3 is 20.5 Å². The molecule has 5 nitrogen and oxygen atoms in total. The van der Waals surface area contributed by atoms with Gasteiger partial charge in [-0.3, -0.25) is 0 Å². The highest BCUT2D eigenvalue weighted by molar-refractivity contribution is 5.78. The molecular formula is C18H31N3O2. The lowest BCUT2D eigenvalue weighted by Crippen LogP contribution is -2.38. The average Bonchev–Trinajstić information content (AvgIpc) is 2.52. The molecular weight excluding hydrogens is 290 g/mol. The number of hydrogen-bond donors (Lipinski definition) is 2. The molecule has 0 fully saturated rings. The number of guanidine groups is 1. The molecule has 1 rings (SSSR count). The second kappa shape index (κ2) is 9.98. The van der Waals surface area contributed by atoms with Gasteiger partial charge in [0.2, 0.25) is 0 Å². The van der Waals surface area contributed by atoms with Crippen LogP contribution in [0.5, 0.6) is 11.5 Å². The van der Waals surface area contributed by atoms with Gasteiger partial charge in [0.25, 0.3) is 0 Å². The summed E-state index contributed by atoms with van der Waals surface area (Å²) in [6, 6.07) is 6.09. The van der Waals surface area contributed by atoms with Crippen molar-refractivity contribution < 1.29 is 9.47 Å². The van der Waals surface area contributed by atoms with Gasteiger partial charge in [-0.2, -0.15) is 0 Å². The summed E-state index contributed by atoms with van der Waals surface area (Å²) in [6.07, 6.45) is 3.55. The highest BCUT2D eigenvalue weighted by atomic mass is 16.5. The minimum atomic E-state index is 0.336. The minimum Gasteiger partial charge on any atom is -0.493 e. The van der Waals surface area contributed by atoms with Crippen LogP contribution in [-0.4, -0.2) is 26.2 Å². The molecule has 1 aromatic rings. The number of hydrogen-bond acceptors (Lipinski definition) is 3. The number of nitrogens with zero attached hydrogens (tertiary/aromatic N) is 1. The Morgan fingerprint density at radius 2 is 1.83 bits per heavy atom. The fourth-order valence-electron chi connectivity index (χ4n) is 2.36. The van der Waals surface area contributed by atoms with E-state index in [-0.39, 0.29) is 0 Å². The van der Waals surface area contributed by atoms with Crippen molar-refractivity contribution in [1.29, 1.82) is 0 Å². The molecule has 23 heavy (non-hydrogen) atoms. The van der Waals surface area contributed by atoms with E-state index >= 15 is 0 Å². The zero-order valence-corrected chi connectivity index (χ0v) is 15.1. The van der Waals surface area contributed by atoms with Gasteiger partial charge in [0.1, 0.15) is 0 Å². The predicted molar refractivity (Wildman–Crippen MR) is 96.2 cm³/mol. The molecule has 0 bridgehead atoms. The van der Waals surface area contributed by atoms with E-state index < -0.39 is 0 Å². The Morgan fingerprint density at radius 3 is 2.43 bits per heavy atom. The van der Waals surface area contributed by atoms with Crippen molar-refractivity contribution >= 4 is 5.96 Å². The Morgan fingerprint density at radius 1 is 1.13 bits per heavy atom. The second-order valence-corrected chi connectivity index (χ2v) is 6.26. The highest BCUT2D eigenvalue weighted by Crippen LogP contribution is 2.27. The van der Waals surface area contributed by atoms with Gasteiger partial charge in [0, 0.05) is 6.04 Å². The molecule has 1 atom stereocenters. The van der Waals surface area contributed by atoms with E-state index in [0.717, 1.165) is 17.9 Å². The van der Waals surface area contributed by atoms with E-state index in [0.29, 0.717) is 30.0 Å². The maximum absolute atomic E-state index is 5.96. The molecule has 130 valence electrons. The summed E-state index contributed by atoms with van der Waals surface area (Å²) in [5.74, 6) is 2.65. The van der Waals surface area contributed by atoms with Crippen LogP contribution in [0.2, 0.25) is 0 Å². The van der Waals surface area contributed by atoms with Gasteiger partial charge in [-0.1, -0.05) is 32.8 Å². The van der Waals surface area contributed by atoms with Crippen molar-refractivity contribution in [3.8, 4) is 11.5 Å². The molecule has 0 saturated heterocycles. The van der Waals surface area contributed by atoms with Gasteiger partial charge in [0.15, 0.2) is 17.5 Å². The van der Waals surface area contributed by atoms with Crippen LogP contribution in [0.3, 0.4) is 0 Å². The monoisotopic (exact) mass is 321 g/mol. The molecule has 0 radical (unpaired) electrons. The summed E-state index contributed by atoms with van der Waals surface area (Å²) >= 11 is 0. The first-order valence-corrected chi connectivity index (χ1v) is 8.23. The van der Waals surface area contributed by atoms with Crippen molar-refractivity contribution in [2.75, 3.05) is 14.2 Å². The summed E-state index contributed by atoms with van der Waals surface area (Å²) in [7, 11) is 3.25. The molecule has 1 aromatic carbocycles. The van der Waals surface area contributed by atoms with Crippen molar-refractivity contribution in [3.05, 3.63) is 23.8 Å². The normalized spacial score (nSPS) is 13.0. The van der Waals surface area contributed by atoms with Crippen molar-refractivity contribution in [2.24, 2.45) is 16.6 Å². The van der Waals surface area contributed by atoms with Gasteiger partial charge in [-0.05, 0) is 37.0 Å². The standard InChI is InChI=1S/C18H31N3O2/c1-13(2)7-6-8-14(3)21-18(19)20-12-15-9-10-16(22-4)17(11-15)23-5/h9-11,13-14H,6-8,12H2,1-5H3,(H3,19,20,21). The maximum Gasteiger partial charge on any atom is 0.189 e. The summed E-state index contributed by atoms with van der Waals surface area (Å²) in [6.45, 7) is 7.14. The lowest BCUT2D eigenvalue weighted by Gasteiger charge is -2.15. The average molecular weight is 321 g/mol. The third-order valence-electron chi connectivity index (χ3n) is 3.69. The van der Waals surface area contributed by atoms with E-state index in [4.69, 9.17) is 15.2 Å². The second-order valence-electron chi connectivity index (χ2n) is 6.26. The number of nitrogens with one attached hydrogen (secondary N) is 1. The van der Waals surface area contributed by atoms with Crippen LogP contribution in [-0.2, 0) is 6.54 Å². The number of aliphatic imine (C=N–C) groups is 1. The van der Waals surface area contributed by atoms with Crippen LogP contribution < -0.4 is 20.5 Å². The van der Waals surface area contributed by atoms with Crippen LogP contribution >= 0.6 is 0 Å². The topological polar surface area (TPSA) is 68.9 Å². The third kappa shape index (κ3) is 7.26. The first kappa shape index (κ1) is 19.1. The lowest BCUT2D eigenvalue weighted by molar-refractivity contribution is 0.354. The van der Waals surface area contributed by atoms with E-state index in [1.165, 1.54) is 12.8 Å². The minimum absolute atomic E-state index is 0.336. The predicted octanol–water partition coefficient (Wildman–Crippen LogP) is 3.32. The molecule has 0 spiro atoms. The molecule has 0 amide bonds. The number of ether oxygens (including phenoxy) is 2. The largest absolute Gasteiger partial charge is 0.493 e. The Balaban J connectivity index is 2.49. The lowest BCUT2D eigenvalue weighted by atomic mass is 10.0. The Kier molecular flexibility index (Phi) is 8.30. The molecule has 0 aliphatic carbocycles. The van der Waals surface area contributed by atoms with Gasteiger partial charge in [0.05, 0.1) is 20.8 Å². The van der Waals surface area contributed by atoms with Crippen LogP contribution in [0.4, 0.5) is 0 Å². The number of nitrogens with two attached hydrogens (primary N) is 1. The smallest absolute Gasteiger partial charge is 0.189 e. The molecule has 0 aliphatic rings. The molecule has 3 N–H and O–H groups in total. The highest BCUT2D eigenvalue weighted by Gasteiger charge is 2.06. The first-order valence-electron chi connectivity index (χ1n) is 8.23. The van der Waals surface area contributed by atoms with Gasteiger partial charge >= 0.3 is 0 Å². The van der Waals surface area contributed by atoms with Crippen molar-refractivity contribution in [1.82, 2.24) is 5.32 Å². The summed E-state index contributed by atoms with van der Waals surface area (Å²) in [4.78, 5) is 4.40. The van der Waals surface area contributed by atoms with Crippen LogP contribution in [0.1, 0.15) is 45.6 Å². The number of rotatable bonds is 9. The van der Waals surface area contributed by atoms with Crippen LogP contribution in [0, 0.1) is 5.92 Å². The Labute approximate surface area is 140 Å². The SMILES string of the molecule is COc1ccc(CN=C(N)NC(C)CCCC(C)C)cc1OC. The third-order valence-corrected chi connectivity index (χ3v) is 3.69. The molecule has 5 heteroatoms. The van der Waals surface area contributed by atoms with Crippen molar-refractivity contribution in [2.45, 2.75) is 52.6 Å². The zero-order chi connectivity index (χ0) is 17.2. The van der Waals surface area contributed by atoms with Crippen LogP contribution in [0.15, 0.2) is 23.2 Å². The molecule has 0 heterocycles. The summed E-state index contributed by atoms with van der Waals surface area (Å²) < 4.78 is 10.5. The van der Waals surface area contributed by atoms with E-state index in [1.807, 2.05) is 18.2 Å². The van der Waals surface area contributed by atoms with Gasteiger partial charge in [-0.25, -0.2) is 4.99 Å². The Hall–Kier alpha value is -1.91. The number of benzene rings is 1. The molecule has 0 aromatic heterocycles. The fraction of sp³-hybridized carbons (Fsp3) is 0.611. The van der Waals surface area contributed by atoms with E-state index in [1.54, 1.807) is 14.2 Å². The molecule has 0 aliphatic heterocycles. The van der Waals surface area contributed by atoms with Crippen molar-refractivity contribution in [3.63, 3.8) is 0 Å². The zero-order valence-electron chi connectivity index (χ0n) is 15.1. The quantitative estimate of drug-likeness (QED) is 0.541. The fourth-order valence-corrected chi connectivity index (χ4v) is 2.36. The van der Waals surface area contributed by atoms with Gasteiger partial charge in [-0.15, -0.1) is 0 Å². The Bertz CT molecular complexity index is 501. The summed E-state index contributed by atoms with van der Waals surface area (Å²) in [5, 5.41) is 3.25. The summed E-state index contributed by atoms with van der Waals surface area (Å²) in [5.41, 5.74) is 6.99. The van der Waals surface area contributed by atoms with E-state index in [9.17, 15) is 0 Å². The maximum atomic E-state index is 5.96. The molecule has 0 saturated carbocycles. The van der Waals surface area contributed by atoms with Crippen LogP contribution in [0.25, 0.3) is 0 Å². The molecule has 1 unspecified atom stereocenters. The first-order chi connectivity index (χ1) is 11.0.